The zero-order valence-electron chi connectivity index (χ0n) is 12.1. The van der Waals surface area contributed by atoms with Gasteiger partial charge in [0.2, 0.25) is 6.79 Å². The molecular weight excluding hydrogens is 270 g/mol. The molecule has 1 saturated carbocycles. The minimum absolute atomic E-state index is 0.347. The molecule has 2 aliphatic rings. The lowest BCUT2D eigenvalue weighted by Gasteiger charge is -2.24. The fraction of sp³-hybridized carbons (Fsp3) is 0.625. The number of benzene rings is 1. The summed E-state index contributed by atoms with van der Waals surface area (Å²) in [6, 6.07) is 6.67. The molecule has 0 spiro atoms. The lowest BCUT2D eigenvalue weighted by Crippen LogP contribution is -2.21. The third-order valence-corrected chi connectivity index (χ3v) is 5.67. The average Bonchev–Trinajstić information content (AvgIpc) is 2.96. The molecule has 3 rings (SSSR count). The van der Waals surface area contributed by atoms with E-state index in [1.165, 1.54) is 37.7 Å². The van der Waals surface area contributed by atoms with Crippen molar-refractivity contribution < 1.29 is 9.47 Å². The van der Waals surface area contributed by atoms with E-state index in [1.807, 2.05) is 13.1 Å². The van der Waals surface area contributed by atoms with E-state index in [0.717, 1.165) is 22.5 Å². The average molecular weight is 293 g/mol. The Labute approximate surface area is 125 Å². The van der Waals surface area contributed by atoms with Gasteiger partial charge < -0.3 is 14.8 Å². The number of nitrogens with one attached hydrogen (secondary N) is 1. The predicted molar refractivity (Wildman–Crippen MR) is 83.7 cm³/mol. The highest BCUT2D eigenvalue weighted by atomic mass is 32.2. The molecule has 1 N–H and O–H groups in total. The second-order valence-electron chi connectivity index (χ2n) is 5.55. The van der Waals surface area contributed by atoms with Crippen LogP contribution in [0.2, 0.25) is 0 Å². The number of fused-ring (bicyclic) bond motifs is 1. The van der Waals surface area contributed by atoms with Crippen LogP contribution < -0.4 is 14.8 Å². The molecule has 110 valence electrons. The van der Waals surface area contributed by atoms with Crippen LogP contribution in [0.25, 0.3) is 0 Å². The first-order valence-corrected chi connectivity index (χ1v) is 8.60. The summed E-state index contributed by atoms with van der Waals surface area (Å²) in [5, 5.41) is 4.29. The van der Waals surface area contributed by atoms with E-state index in [0.29, 0.717) is 12.8 Å². The van der Waals surface area contributed by atoms with Crippen LogP contribution in [0.15, 0.2) is 18.2 Å². The first-order chi connectivity index (χ1) is 9.86. The van der Waals surface area contributed by atoms with Gasteiger partial charge >= 0.3 is 0 Å². The first kappa shape index (κ1) is 14.1. The van der Waals surface area contributed by atoms with Crippen LogP contribution in [0, 0.1) is 0 Å². The summed E-state index contributed by atoms with van der Waals surface area (Å²) in [7, 11) is 2.04. The monoisotopic (exact) mass is 293 g/mol. The topological polar surface area (TPSA) is 30.5 Å². The Bertz CT molecular complexity index is 446. The van der Waals surface area contributed by atoms with Crippen molar-refractivity contribution in [3.63, 3.8) is 0 Å². The van der Waals surface area contributed by atoms with Gasteiger partial charge in [-0.1, -0.05) is 25.3 Å². The van der Waals surface area contributed by atoms with Crippen LogP contribution >= 0.6 is 11.8 Å². The van der Waals surface area contributed by atoms with Gasteiger partial charge in [-0.15, -0.1) is 0 Å². The van der Waals surface area contributed by atoms with E-state index in [1.54, 1.807) is 0 Å². The Kier molecular flexibility index (Phi) is 4.73. The second kappa shape index (κ2) is 6.72. The van der Waals surface area contributed by atoms with Crippen molar-refractivity contribution in [2.75, 3.05) is 19.6 Å². The van der Waals surface area contributed by atoms with E-state index in [9.17, 15) is 0 Å². The standard InChI is InChI=1S/C16H23NO2S/c1-17-14(10-20-13-5-3-2-4-6-13)12-7-8-15-16(9-12)19-11-18-15/h7-9,13-14,17H,2-6,10-11H2,1H3. The molecule has 0 bridgehead atoms. The van der Waals surface area contributed by atoms with Gasteiger partial charge in [0.1, 0.15) is 0 Å². The summed E-state index contributed by atoms with van der Waals surface area (Å²) >= 11 is 2.12. The van der Waals surface area contributed by atoms with E-state index < -0.39 is 0 Å². The van der Waals surface area contributed by atoms with Crippen molar-refractivity contribution in [3.05, 3.63) is 23.8 Å². The molecule has 0 amide bonds. The molecule has 0 aromatic heterocycles. The highest BCUT2D eigenvalue weighted by Gasteiger charge is 2.19. The highest BCUT2D eigenvalue weighted by molar-refractivity contribution is 7.99. The van der Waals surface area contributed by atoms with Gasteiger partial charge in [-0.3, -0.25) is 0 Å². The summed E-state index contributed by atoms with van der Waals surface area (Å²) in [6.45, 7) is 0.347. The van der Waals surface area contributed by atoms with Gasteiger partial charge in [-0.25, -0.2) is 0 Å². The molecule has 20 heavy (non-hydrogen) atoms. The zero-order chi connectivity index (χ0) is 13.8. The largest absolute Gasteiger partial charge is 0.454 e. The van der Waals surface area contributed by atoms with Gasteiger partial charge in [0, 0.05) is 17.0 Å². The van der Waals surface area contributed by atoms with Gasteiger partial charge in [-0.2, -0.15) is 11.8 Å². The van der Waals surface area contributed by atoms with E-state index in [-0.39, 0.29) is 0 Å². The summed E-state index contributed by atoms with van der Waals surface area (Å²) in [4.78, 5) is 0. The van der Waals surface area contributed by atoms with Gasteiger partial charge in [0.25, 0.3) is 0 Å². The summed E-state index contributed by atoms with van der Waals surface area (Å²) in [5.74, 6) is 2.87. The maximum Gasteiger partial charge on any atom is 0.231 e. The Balaban J connectivity index is 1.60. The third kappa shape index (κ3) is 3.23. The first-order valence-electron chi connectivity index (χ1n) is 7.55. The van der Waals surface area contributed by atoms with Crippen molar-refractivity contribution in [2.45, 2.75) is 43.4 Å². The lowest BCUT2D eigenvalue weighted by atomic mass is 10.0. The van der Waals surface area contributed by atoms with Crippen LogP contribution in [0.4, 0.5) is 0 Å². The summed E-state index contributed by atoms with van der Waals surface area (Å²) in [6.07, 6.45) is 7.02. The van der Waals surface area contributed by atoms with Crippen molar-refractivity contribution in [1.29, 1.82) is 0 Å². The summed E-state index contributed by atoms with van der Waals surface area (Å²) in [5.41, 5.74) is 1.29. The van der Waals surface area contributed by atoms with Gasteiger partial charge in [-0.05, 0) is 37.6 Å². The molecule has 1 atom stereocenters. The molecule has 1 heterocycles. The zero-order valence-corrected chi connectivity index (χ0v) is 12.9. The molecule has 1 aliphatic heterocycles. The quantitative estimate of drug-likeness (QED) is 0.896. The van der Waals surface area contributed by atoms with Crippen LogP contribution in [-0.2, 0) is 0 Å². The van der Waals surface area contributed by atoms with Crippen LogP contribution in [0.3, 0.4) is 0 Å². The molecule has 1 aromatic rings. The van der Waals surface area contributed by atoms with Crippen LogP contribution in [0.1, 0.15) is 43.7 Å². The van der Waals surface area contributed by atoms with E-state index in [2.05, 4.69) is 29.2 Å². The number of rotatable bonds is 5. The van der Waals surface area contributed by atoms with Crippen LogP contribution in [0.5, 0.6) is 11.5 Å². The van der Waals surface area contributed by atoms with Crippen molar-refractivity contribution in [1.82, 2.24) is 5.32 Å². The number of ether oxygens (including phenoxy) is 2. The number of hydrogen-bond donors (Lipinski definition) is 1. The Hall–Kier alpha value is -0.870. The van der Waals surface area contributed by atoms with Crippen molar-refractivity contribution >= 4 is 11.8 Å². The van der Waals surface area contributed by atoms with Crippen LogP contribution in [-0.4, -0.2) is 24.8 Å². The lowest BCUT2D eigenvalue weighted by molar-refractivity contribution is 0.174. The minimum atomic E-state index is 0.347. The maximum atomic E-state index is 5.47. The molecule has 4 heteroatoms. The van der Waals surface area contributed by atoms with Gasteiger partial charge in [0.15, 0.2) is 11.5 Å². The highest BCUT2D eigenvalue weighted by Crippen LogP contribution is 2.36. The Morgan fingerprint density at radius 1 is 1.20 bits per heavy atom. The smallest absolute Gasteiger partial charge is 0.231 e. The molecule has 1 unspecified atom stereocenters. The molecule has 0 radical (unpaired) electrons. The molecular formula is C16H23NO2S. The van der Waals surface area contributed by atoms with Crippen molar-refractivity contribution in [3.8, 4) is 11.5 Å². The predicted octanol–water partition coefficient (Wildman–Crippen LogP) is 3.74. The molecule has 0 saturated heterocycles. The molecule has 1 aliphatic carbocycles. The summed E-state index contributed by atoms with van der Waals surface area (Å²) < 4.78 is 10.8. The fourth-order valence-electron chi connectivity index (χ4n) is 2.94. The molecule has 3 nitrogen and oxygen atoms in total. The number of hydrogen-bond acceptors (Lipinski definition) is 4. The SMILES string of the molecule is CNC(CSC1CCCCC1)c1ccc2c(c1)OCO2. The maximum absolute atomic E-state index is 5.47. The van der Waals surface area contributed by atoms with E-state index >= 15 is 0 Å². The van der Waals surface area contributed by atoms with E-state index in [4.69, 9.17) is 9.47 Å². The second-order valence-corrected chi connectivity index (χ2v) is 6.88. The normalized spacial score (nSPS) is 20.1. The van der Waals surface area contributed by atoms with Gasteiger partial charge in [0.05, 0.1) is 0 Å². The molecule has 1 fully saturated rings. The number of thioether (sulfide) groups is 1. The van der Waals surface area contributed by atoms with Crippen molar-refractivity contribution in [2.24, 2.45) is 0 Å². The fourth-order valence-corrected chi connectivity index (χ4v) is 4.43. The Morgan fingerprint density at radius 2 is 2.00 bits per heavy atom. The molecule has 1 aromatic carbocycles. The minimum Gasteiger partial charge on any atom is -0.454 e. The Morgan fingerprint density at radius 3 is 2.80 bits per heavy atom. The third-order valence-electron chi connectivity index (χ3n) is 4.20.